The van der Waals surface area contributed by atoms with Gasteiger partial charge in [-0.2, -0.15) is 0 Å². The van der Waals surface area contributed by atoms with Crippen LogP contribution in [0.3, 0.4) is 0 Å². The van der Waals surface area contributed by atoms with Crippen LogP contribution in [0.4, 0.5) is 0 Å². The molecule has 2 atom stereocenters. The lowest BCUT2D eigenvalue weighted by molar-refractivity contribution is -0.130. The zero-order valence-electron chi connectivity index (χ0n) is 9.72. The summed E-state index contributed by atoms with van der Waals surface area (Å²) in [5.74, 6) is -1.49. The summed E-state index contributed by atoms with van der Waals surface area (Å²) in [7, 11) is 0. The van der Waals surface area contributed by atoms with Gasteiger partial charge < -0.3 is 4.42 Å². The molecule has 0 bridgehead atoms. The first-order chi connectivity index (χ1) is 9.11. The van der Waals surface area contributed by atoms with Crippen LogP contribution in [0.15, 0.2) is 28.9 Å². The number of carbonyl (C=O) groups excluding carboxylic acids is 2. The van der Waals surface area contributed by atoms with E-state index in [-0.39, 0.29) is 11.7 Å². The van der Waals surface area contributed by atoms with E-state index in [2.05, 4.69) is 0 Å². The maximum atomic E-state index is 12.2. The minimum Gasteiger partial charge on any atom is -0.463 e. The van der Waals surface area contributed by atoms with Crippen LogP contribution in [0.1, 0.15) is 16.8 Å². The maximum Gasteiger partial charge on any atom is 0.247 e. The molecule has 1 saturated carbocycles. The van der Waals surface area contributed by atoms with Crippen LogP contribution < -0.4 is 5.48 Å². The van der Waals surface area contributed by atoms with Crippen molar-refractivity contribution in [2.45, 2.75) is 6.42 Å². The number of halogens is 1. The van der Waals surface area contributed by atoms with Gasteiger partial charge in [-0.15, -0.1) is 0 Å². The van der Waals surface area contributed by atoms with Crippen molar-refractivity contribution in [3.63, 3.8) is 0 Å². The summed E-state index contributed by atoms with van der Waals surface area (Å²) in [5.41, 5.74) is 2.56. The van der Waals surface area contributed by atoms with E-state index < -0.39 is 11.8 Å². The first kappa shape index (κ1) is 12.2. The van der Waals surface area contributed by atoms with Crippen molar-refractivity contribution in [2.75, 3.05) is 0 Å². The second-order valence-electron chi connectivity index (χ2n) is 4.59. The predicted octanol–water partition coefficient (Wildman–Crippen LogP) is 2.41. The Kier molecular flexibility index (Phi) is 2.80. The Bertz CT molecular complexity index is 678. The standard InChI is InChI=1S/C13H10ClNO4/c14-10-4-7(3-6-1-2-19-12(6)10)11(16)8-5-9(8)13(17)15-18/h1-4,8-9,18H,5H2,(H,15,17). The first-order valence-corrected chi connectivity index (χ1v) is 6.14. The molecule has 1 amide bonds. The number of carbonyl (C=O) groups is 2. The van der Waals surface area contributed by atoms with Crippen molar-refractivity contribution < 1.29 is 19.2 Å². The van der Waals surface area contributed by atoms with Gasteiger partial charge in [-0.25, -0.2) is 5.48 Å². The third-order valence-electron chi connectivity index (χ3n) is 3.36. The Morgan fingerprint density at radius 3 is 2.89 bits per heavy atom. The summed E-state index contributed by atoms with van der Waals surface area (Å²) in [6, 6.07) is 4.96. The van der Waals surface area contributed by atoms with Crippen molar-refractivity contribution in [3.8, 4) is 0 Å². The fourth-order valence-electron chi connectivity index (χ4n) is 2.25. The zero-order valence-corrected chi connectivity index (χ0v) is 10.5. The average molecular weight is 280 g/mol. The molecule has 1 heterocycles. The molecule has 1 aliphatic carbocycles. The minimum absolute atomic E-state index is 0.140. The number of fused-ring (bicyclic) bond motifs is 1. The summed E-state index contributed by atoms with van der Waals surface area (Å²) in [5, 5.41) is 9.65. The summed E-state index contributed by atoms with van der Waals surface area (Å²) in [6.07, 6.45) is 1.95. The molecule has 2 aromatic rings. The molecule has 3 rings (SSSR count). The predicted molar refractivity (Wildman–Crippen MR) is 67.1 cm³/mol. The highest BCUT2D eigenvalue weighted by molar-refractivity contribution is 6.35. The number of hydroxylamine groups is 1. The number of furan rings is 1. The van der Waals surface area contributed by atoms with E-state index in [1.165, 1.54) is 6.26 Å². The van der Waals surface area contributed by atoms with E-state index >= 15 is 0 Å². The molecule has 2 N–H and O–H groups in total. The van der Waals surface area contributed by atoms with Crippen LogP contribution in [0.25, 0.3) is 11.0 Å². The number of rotatable bonds is 3. The molecular weight excluding hydrogens is 270 g/mol. The van der Waals surface area contributed by atoms with Crippen molar-refractivity contribution in [1.29, 1.82) is 0 Å². The number of benzene rings is 1. The first-order valence-electron chi connectivity index (χ1n) is 5.76. The molecule has 1 aromatic heterocycles. The lowest BCUT2D eigenvalue weighted by atomic mass is 10.0. The lowest BCUT2D eigenvalue weighted by Gasteiger charge is -2.02. The van der Waals surface area contributed by atoms with Gasteiger partial charge in [0, 0.05) is 16.9 Å². The number of Topliss-reactive ketones (excluding diaryl/α,β-unsaturated/α-hetero) is 1. The third-order valence-corrected chi connectivity index (χ3v) is 3.65. The maximum absolute atomic E-state index is 12.2. The number of ketones is 1. The summed E-state index contributed by atoms with van der Waals surface area (Å²) >= 11 is 6.03. The van der Waals surface area contributed by atoms with Gasteiger partial charge in [-0.05, 0) is 24.6 Å². The van der Waals surface area contributed by atoms with Crippen LogP contribution in [0.2, 0.25) is 5.02 Å². The van der Waals surface area contributed by atoms with E-state index in [1.807, 2.05) is 0 Å². The highest BCUT2D eigenvalue weighted by Crippen LogP contribution is 2.42. The SMILES string of the molecule is O=C(NO)C1CC1C(=O)c1cc(Cl)c2occc2c1. The molecule has 0 aliphatic heterocycles. The Morgan fingerprint density at radius 2 is 2.16 bits per heavy atom. The normalized spacial score (nSPS) is 21.4. The number of hydrogen-bond donors (Lipinski definition) is 2. The highest BCUT2D eigenvalue weighted by atomic mass is 35.5. The van der Waals surface area contributed by atoms with Gasteiger partial charge in [0.25, 0.3) is 0 Å². The van der Waals surface area contributed by atoms with E-state index in [1.54, 1.807) is 23.7 Å². The summed E-state index contributed by atoms with van der Waals surface area (Å²) in [4.78, 5) is 23.4. The topological polar surface area (TPSA) is 79.5 Å². The Labute approximate surface area is 113 Å². The van der Waals surface area contributed by atoms with E-state index in [9.17, 15) is 9.59 Å². The second kappa shape index (κ2) is 4.36. The Hall–Kier alpha value is -1.85. The smallest absolute Gasteiger partial charge is 0.247 e. The van der Waals surface area contributed by atoms with Crippen molar-refractivity contribution in [1.82, 2.24) is 5.48 Å². The largest absolute Gasteiger partial charge is 0.463 e. The zero-order chi connectivity index (χ0) is 13.6. The fourth-order valence-corrected chi connectivity index (χ4v) is 2.52. The summed E-state index contributed by atoms with van der Waals surface area (Å²) in [6.45, 7) is 0. The van der Waals surface area contributed by atoms with Crippen molar-refractivity contribution >= 4 is 34.3 Å². The van der Waals surface area contributed by atoms with Gasteiger partial charge >= 0.3 is 0 Å². The molecule has 1 aromatic carbocycles. The average Bonchev–Trinajstić information content (AvgIpc) is 3.06. The van der Waals surface area contributed by atoms with Gasteiger partial charge in [0.15, 0.2) is 11.4 Å². The van der Waals surface area contributed by atoms with E-state index in [0.717, 1.165) is 5.39 Å². The lowest BCUT2D eigenvalue weighted by Crippen LogP contribution is -2.22. The fraction of sp³-hybridized carbons (Fsp3) is 0.231. The van der Waals surface area contributed by atoms with Gasteiger partial charge in [-0.1, -0.05) is 11.6 Å². The quantitative estimate of drug-likeness (QED) is 0.514. The van der Waals surface area contributed by atoms with E-state index in [0.29, 0.717) is 22.6 Å². The van der Waals surface area contributed by atoms with Crippen LogP contribution >= 0.6 is 11.6 Å². The summed E-state index contributed by atoms with van der Waals surface area (Å²) < 4.78 is 5.20. The number of hydrogen-bond acceptors (Lipinski definition) is 4. The van der Waals surface area contributed by atoms with Crippen LogP contribution in [0.5, 0.6) is 0 Å². The third kappa shape index (κ3) is 2.01. The molecule has 1 aliphatic rings. The van der Waals surface area contributed by atoms with Gasteiger partial charge in [0.2, 0.25) is 5.91 Å². The molecular formula is C13H10ClNO4. The molecule has 98 valence electrons. The Morgan fingerprint density at radius 1 is 1.37 bits per heavy atom. The monoisotopic (exact) mass is 279 g/mol. The van der Waals surface area contributed by atoms with Gasteiger partial charge in [0.05, 0.1) is 17.2 Å². The van der Waals surface area contributed by atoms with Crippen LogP contribution in [0, 0.1) is 11.8 Å². The van der Waals surface area contributed by atoms with E-state index in [4.69, 9.17) is 21.2 Å². The molecule has 0 radical (unpaired) electrons. The van der Waals surface area contributed by atoms with Gasteiger partial charge in [-0.3, -0.25) is 14.8 Å². The molecule has 6 heteroatoms. The molecule has 19 heavy (non-hydrogen) atoms. The van der Waals surface area contributed by atoms with Gasteiger partial charge in [0.1, 0.15) is 0 Å². The molecule has 1 fully saturated rings. The molecule has 0 saturated heterocycles. The Balaban J connectivity index is 1.89. The number of nitrogens with one attached hydrogen (secondary N) is 1. The minimum atomic E-state index is -0.520. The number of amides is 1. The highest BCUT2D eigenvalue weighted by Gasteiger charge is 2.48. The second-order valence-corrected chi connectivity index (χ2v) is 4.99. The molecule has 0 spiro atoms. The van der Waals surface area contributed by atoms with Crippen molar-refractivity contribution in [2.24, 2.45) is 11.8 Å². The van der Waals surface area contributed by atoms with Crippen LogP contribution in [-0.2, 0) is 4.79 Å². The molecule has 5 nitrogen and oxygen atoms in total. The van der Waals surface area contributed by atoms with Crippen molar-refractivity contribution in [3.05, 3.63) is 35.0 Å². The molecule has 2 unspecified atom stereocenters. The van der Waals surface area contributed by atoms with Crippen LogP contribution in [-0.4, -0.2) is 16.9 Å².